The van der Waals surface area contributed by atoms with Crippen LogP contribution in [0.5, 0.6) is 5.75 Å². The molecule has 0 spiro atoms. The monoisotopic (exact) mass is 298 g/mol. The highest BCUT2D eigenvalue weighted by atomic mass is 16.5. The normalized spacial score (nSPS) is 19.6. The smallest absolute Gasteiger partial charge is 0.306 e. The predicted molar refractivity (Wildman–Crippen MR) is 82.4 cm³/mol. The molecule has 0 radical (unpaired) electrons. The Morgan fingerprint density at radius 3 is 2.68 bits per heavy atom. The molecule has 0 unspecified atom stereocenters. The van der Waals surface area contributed by atoms with E-state index < -0.39 is 5.97 Å². The van der Waals surface area contributed by atoms with Crippen molar-refractivity contribution in [3.05, 3.63) is 53.7 Å². The number of ether oxygens (including phenoxy) is 1. The van der Waals surface area contributed by atoms with Gasteiger partial charge in [0.2, 0.25) is 0 Å². The number of aliphatic carboxylic acids is 1. The number of hydrogen-bond donors (Lipinski definition) is 2. The van der Waals surface area contributed by atoms with Gasteiger partial charge in [-0.15, -0.1) is 0 Å². The Morgan fingerprint density at radius 2 is 2.05 bits per heavy atom. The van der Waals surface area contributed by atoms with Gasteiger partial charge in [-0.3, -0.25) is 4.79 Å². The number of carboxylic acid groups (broad SMARTS) is 1. The molecule has 1 fully saturated rings. The van der Waals surface area contributed by atoms with E-state index in [1.165, 1.54) is 0 Å². The molecule has 0 bridgehead atoms. The number of nitrogens with two attached hydrogens (primary N) is 1. The zero-order valence-electron chi connectivity index (χ0n) is 12.1. The summed E-state index contributed by atoms with van der Waals surface area (Å²) in [5, 5.41) is 8.91. The van der Waals surface area contributed by atoms with E-state index in [-0.39, 0.29) is 11.8 Å². The maximum atomic E-state index is 10.8. The zero-order chi connectivity index (χ0) is 15.5. The predicted octanol–water partition coefficient (Wildman–Crippen LogP) is 2.51. The maximum Gasteiger partial charge on any atom is 0.306 e. The van der Waals surface area contributed by atoms with Crippen LogP contribution in [0.15, 0.2) is 42.6 Å². The SMILES string of the molecule is Nc1cc(COc2ccc(C[C@@H]3C[C@@H]3C(=O)O)cc2)ccn1. The molecule has 1 heterocycles. The van der Waals surface area contributed by atoms with Gasteiger partial charge in [0.05, 0.1) is 5.92 Å². The summed E-state index contributed by atoms with van der Waals surface area (Å²) in [4.78, 5) is 14.8. The van der Waals surface area contributed by atoms with Crippen LogP contribution in [0.3, 0.4) is 0 Å². The fourth-order valence-corrected chi connectivity index (χ4v) is 2.55. The van der Waals surface area contributed by atoms with E-state index in [4.69, 9.17) is 15.6 Å². The molecule has 5 nitrogen and oxygen atoms in total. The molecule has 3 rings (SSSR count). The quantitative estimate of drug-likeness (QED) is 0.856. The van der Waals surface area contributed by atoms with Crippen molar-refractivity contribution in [1.29, 1.82) is 0 Å². The molecule has 1 aromatic carbocycles. The molecular weight excluding hydrogens is 280 g/mol. The number of rotatable bonds is 6. The van der Waals surface area contributed by atoms with Gasteiger partial charge in [-0.05, 0) is 54.2 Å². The second-order valence-corrected chi connectivity index (χ2v) is 5.67. The van der Waals surface area contributed by atoms with Gasteiger partial charge in [0.15, 0.2) is 0 Å². The van der Waals surface area contributed by atoms with Crippen LogP contribution in [0.1, 0.15) is 17.5 Å². The molecule has 22 heavy (non-hydrogen) atoms. The lowest BCUT2D eigenvalue weighted by Crippen LogP contribution is -2.01. The van der Waals surface area contributed by atoms with Crippen LogP contribution in [-0.4, -0.2) is 16.1 Å². The van der Waals surface area contributed by atoms with Crippen LogP contribution in [-0.2, 0) is 17.8 Å². The molecule has 1 aromatic heterocycles. The number of carbonyl (C=O) groups is 1. The van der Waals surface area contributed by atoms with Gasteiger partial charge < -0.3 is 15.6 Å². The second kappa shape index (κ2) is 6.05. The summed E-state index contributed by atoms with van der Waals surface area (Å²) in [7, 11) is 0. The average molecular weight is 298 g/mol. The largest absolute Gasteiger partial charge is 0.489 e. The third kappa shape index (κ3) is 3.55. The minimum absolute atomic E-state index is 0.159. The molecule has 0 aliphatic heterocycles. The van der Waals surface area contributed by atoms with Crippen molar-refractivity contribution in [3.8, 4) is 5.75 Å². The number of carboxylic acids is 1. The first kappa shape index (κ1) is 14.4. The standard InChI is InChI=1S/C17H18N2O3/c18-16-8-12(5-6-19-16)10-22-14-3-1-11(2-4-14)7-13-9-15(13)17(20)21/h1-6,8,13,15H,7,9-10H2,(H2,18,19)(H,20,21)/t13-,15+/m1/s1. The van der Waals surface area contributed by atoms with Crippen molar-refractivity contribution in [3.63, 3.8) is 0 Å². The van der Waals surface area contributed by atoms with Gasteiger partial charge in [0.1, 0.15) is 18.2 Å². The Bertz CT molecular complexity index is 670. The summed E-state index contributed by atoms with van der Waals surface area (Å²) in [6.07, 6.45) is 3.26. The van der Waals surface area contributed by atoms with E-state index in [0.717, 1.165) is 29.7 Å². The zero-order valence-corrected chi connectivity index (χ0v) is 12.1. The first-order chi connectivity index (χ1) is 10.6. The van der Waals surface area contributed by atoms with Crippen LogP contribution in [0.4, 0.5) is 5.82 Å². The molecule has 3 N–H and O–H groups in total. The van der Waals surface area contributed by atoms with E-state index in [1.54, 1.807) is 12.3 Å². The Hall–Kier alpha value is -2.56. The van der Waals surface area contributed by atoms with E-state index in [0.29, 0.717) is 12.4 Å². The van der Waals surface area contributed by atoms with Gasteiger partial charge in [-0.1, -0.05) is 12.1 Å². The lowest BCUT2D eigenvalue weighted by Gasteiger charge is -2.07. The van der Waals surface area contributed by atoms with Crippen LogP contribution < -0.4 is 10.5 Å². The molecule has 0 amide bonds. The van der Waals surface area contributed by atoms with Crippen molar-refractivity contribution in [2.24, 2.45) is 11.8 Å². The van der Waals surface area contributed by atoms with Crippen LogP contribution in [0.25, 0.3) is 0 Å². The van der Waals surface area contributed by atoms with Crippen molar-refractivity contribution in [2.45, 2.75) is 19.4 Å². The number of pyridine rings is 1. The molecule has 0 saturated heterocycles. The molecule has 2 aromatic rings. The molecular formula is C17H18N2O3. The second-order valence-electron chi connectivity index (χ2n) is 5.67. The van der Waals surface area contributed by atoms with Crippen molar-refractivity contribution in [1.82, 2.24) is 4.98 Å². The molecule has 5 heteroatoms. The van der Waals surface area contributed by atoms with Crippen molar-refractivity contribution in [2.75, 3.05) is 5.73 Å². The Kier molecular flexibility index (Phi) is 3.96. The van der Waals surface area contributed by atoms with Crippen LogP contribution >= 0.6 is 0 Å². The number of benzene rings is 1. The Balaban J connectivity index is 1.52. The molecule has 1 aliphatic carbocycles. The fraction of sp³-hybridized carbons (Fsp3) is 0.294. The maximum absolute atomic E-state index is 10.8. The highest BCUT2D eigenvalue weighted by molar-refractivity contribution is 5.73. The first-order valence-electron chi connectivity index (χ1n) is 7.27. The lowest BCUT2D eigenvalue weighted by atomic mass is 10.1. The van der Waals surface area contributed by atoms with Crippen LogP contribution in [0.2, 0.25) is 0 Å². The van der Waals surface area contributed by atoms with Gasteiger partial charge >= 0.3 is 5.97 Å². The average Bonchev–Trinajstić information content (AvgIpc) is 3.26. The fourth-order valence-electron chi connectivity index (χ4n) is 2.55. The highest BCUT2D eigenvalue weighted by Crippen LogP contribution is 2.41. The summed E-state index contributed by atoms with van der Waals surface area (Å²) in [5.74, 6) is 0.706. The Labute approximate surface area is 128 Å². The van der Waals surface area contributed by atoms with Gasteiger partial charge in [0, 0.05) is 6.20 Å². The van der Waals surface area contributed by atoms with E-state index in [9.17, 15) is 4.79 Å². The van der Waals surface area contributed by atoms with Gasteiger partial charge in [0.25, 0.3) is 0 Å². The number of nitrogen functional groups attached to an aromatic ring is 1. The summed E-state index contributed by atoms with van der Waals surface area (Å²) < 4.78 is 5.70. The summed E-state index contributed by atoms with van der Waals surface area (Å²) >= 11 is 0. The molecule has 1 aliphatic rings. The van der Waals surface area contributed by atoms with E-state index in [1.807, 2.05) is 30.3 Å². The third-order valence-corrected chi connectivity index (χ3v) is 3.91. The highest BCUT2D eigenvalue weighted by Gasteiger charge is 2.42. The minimum Gasteiger partial charge on any atom is -0.489 e. The Morgan fingerprint density at radius 1 is 1.27 bits per heavy atom. The number of anilines is 1. The molecule has 2 atom stereocenters. The number of aromatic nitrogens is 1. The summed E-state index contributed by atoms with van der Waals surface area (Å²) in [5.41, 5.74) is 7.74. The van der Waals surface area contributed by atoms with Gasteiger partial charge in [-0.2, -0.15) is 0 Å². The van der Waals surface area contributed by atoms with Crippen LogP contribution in [0, 0.1) is 11.8 Å². The molecule has 114 valence electrons. The topological polar surface area (TPSA) is 85.4 Å². The first-order valence-corrected chi connectivity index (χ1v) is 7.27. The summed E-state index contributed by atoms with van der Waals surface area (Å²) in [6, 6.07) is 11.5. The van der Waals surface area contributed by atoms with Gasteiger partial charge in [-0.25, -0.2) is 4.98 Å². The summed E-state index contributed by atoms with van der Waals surface area (Å²) in [6.45, 7) is 0.440. The molecule has 1 saturated carbocycles. The minimum atomic E-state index is -0.679. The van der Waals surface area contributed by atoms with Crippen molar-refractivity contribution >= 4 is 11.8 Å². The van der Waals surface area contributed by atoms with E-state index in [2.05, 4.69) is 4.98 Å². The lowest BCUT2D eigenvalue weighted by molar-refractivity contribution is -0.138. The third-order valence-electron chi connectivity index (χ3n) is 3.91. The van der Waals surface area contributed by atoms with E-state index >= 15 is 0 Å². The number of hydrogen-bond acceptors (Lipinski definition) is 4. The number of nitrogens with zero attached hydrogens (tertiary/aromatic N) is 1. The van der Waals surface area contributed by atoms with Crippen molar-refractivity contribution < 1.29 is 14.6 Å².